The van der Waals surface area contributed by atoms with Gasteiger partial charge in [-0.25, -0.2) is 5.43 Å². The number of non-ortho nitro benzene ring substituents is 1. The number of hydrogen-bond donors (Lipinski definition) is 3. The van der Waals surface area contributed by atoms with Crippen LogP contribution in [0.4, 0.5) is 5.69 Å². The van der Waals surface area contributed by atoms with E-state index in [-0.39, 0.29) is 17.1 Å². The molecule has 0 aliphatic rings. The van der Waals surface area contributed by atoms with E-state index in [4.69, 9.17) is 0 Å². The maximum absolute atomic E-state index is 12.1. The van der Waals surface area contributed by atoms with Crippen molar-refractivity contribution in [2.24, 2.45) is 5.10 Å². The van der Waals surface area contributed by atoms with E-state index >= 15 is 0 Å². The number of nitrogens with one attached hydrogen (secondary N) is 2. The number of halogens is 1. The summed E-state index contributed by atoms with van der Waals surface area (Å²) in [5.41, 5.74) is 3.69. The standard InChI is InChI=1S/C17H12BrN5O4/c18-12-4-5-16(24)11(6-12)9-19-22-17(25)15-8-14(20-21-15)10-2-1-3-13(7-10)23(26)27/h1-9,24H,(H,20,21)(H,22,25)/b19-9+. The van der Waals surface area contributed by atoms with Gasteiger partial charge in [-0.3, -0.25) is 20.0 Å². The fourth-order valence-electron chi connectivity index (χ4n) is 2.21. The number of H-pyrrole nitrogens is 1. The first-order chi connectivity index (χ1) is 12.9. The highest BCUT2D eigenvalue weighted by molar-refractivity contribution is 9.10. The maximum Gasteiger partial charge on any atom is 0.289 e. The number of hydrogen-bond acceptors (Lipinski definition) is 6. The lowest BCUT2D eigenvalue weighted by Crippen LogP contribution is -2.18. The quantitative estimate of drug-likeness (QED) is 0.325. The number of rotatable bonds is 5. The number of aromatic amines is 1. The summed E-state index contributed by atoms with van der Waals surface area (Å²) in [4.78, 5) is 22.5. The molecule has 9 nitrogen and oxygen atoms in total. The van der Waals surface area contributed by atoms with Gasteiger partial charge in [-0.2, -0.15) is 10.2 Å². The van der Waals surface area contributed by atoms with Crippen molar-refractivity contribution in [3.63, 3.8) is 0 Å². The van der Waals surface area contributed by atoms with Crippen LogP contribution in [0.1, 0.15) is 16.1 Å². The first kappa shape index (κ1) is 18.3. The Bertz CT molecular complexity index is 1050. The topological polar surface area (TPSA) is 134 Å². The van der Waals surface area contributed by atoms with Gasteiger partial charge in [0, 0.05) is 27.7 Å². The van der Waals surface area contributed by atoms with Gasteiger partial charge in [0.15, 0.2) is 0 Å². The third-order valence-corrected chi connectivity index (χ3v) is 4.03. The molecule has 0 aliphatic carbocycles. The van der Waals surface area contributed by atoms with E-state index in [1.807, 2.05) is 0 Å². The van der Waals surface area contributed by atoms with Crippen molar-refractivity contribution >= 4 is 33.7 Å². The largest absolute Gasteiger partial charge is 0.507 e. The van der Waals surface area contributed by atoms with E-state index in [2.05, 4.69) is 36.7 Å². The lowest BCUT2D eigenvalue weighted by Gasteiger charge is -1.99. The van der Waals surface area contributed by atoms with Gasteiger partial charge in [0.25, 0.3) is 11.6 Å². The summed E-state index contributed by atoms with van der Waals surface area (Å²) in [6.45, 7) is 0. The molecule has 1 aromatic heterocycles. The molecule has 3 N–H and O–H groups in total. The molecule has 0 saturated carbocycles. The van der Waals surface area contributed by atoms with Gasteiger partial charge in [0.1, 0.15) is 11.4 Å². The van der Waals surface area contributed by atoms with E-state index in [0.29, 0.717) is 16.8 Å². The van der Waals surface area contributed by atoms with Crippen molar-refractivity contribution in [2.45, 2.75) is 0 Å². The molecule has 10 heteroatoms. The molecular weight excluding hydrogens is 418 g/mol. The van der Waals surface area contributed by atoms with Gasteiger partial charge >= 0.3 is 0 Å². The van der Waals surface area contributed by atoms with Crippen LogP contribution in [-0.2, 0) is 0 Å². The van der Waals surface area contributed by atoms with Gasteiger partial charge in [-0.1, -0.05) is 28.1 Å². The summed E-state index contributed by atoms with van der Waals surface area (Å²) in [5, 5.41) is 30.9. The van der Waals surface area contributed by atoms with E-state index in [0.717, 1.165) is 4.47 Å². The smallest absolute Gasteiger partial charge is 0.289 e. The molecule has 0 atom stereocenters. The van der Waals surface area contributed by atoms with Gasteiger partial charge < -0.3 is 5.11 Å². The molecule has 1 heterocycles. The molecule has 3 aromatic rings. The Morgan fingerprint density at radius 1 is 1.30 bits per heavy atom. The van der Waals surface area contributed by atoms with Crippen LogP contribution < -0.4 is 5.43 Å². The second-order valence-corrected chi connectivity index (χ2v) is 6.29. The Kier molecular flexibility index (Phi) is 5.27. The highest BCUT2D eigenvalue weighted by Crippen LogP contribution is 2.23. The van der Waals surface area contributed by atoms with Crippen molar-refractivity contribution in [1.29, 1.82) is 0 Å². The molecule has 2 aromatic carbocycles. The Hall–Kier alpha value is -3.53. The number of phenols is 1. The number of aromatic nitrogens is 2. The Labute approximate surface area is 161 Å². The van der Waals surface area contributed by atoms with Crippen LogP contribution in [0, 0.1) is 10.1 Å². The Morgan fingerprint density at radius 3 is 2.89 bits per heavy atom. The summed E-state index contributed by atoms with van der Waals surface area (Å²) in [7, 11) is 0. The molecule has 0 bridgehead atoms. The molecule has 0 spiro atoms. The molecular formula is C17H12BrN5O4. The van der Waals surface area contributed by atoms with Gasteiger partial charge in [-0.05, 0) is 24.3 Å². The van der Waals surface area contributed by atoms with E-state index in [9.17, 15) is 20.0 Å². The minimum Gasteiger partial charge on any atom is -0.507 e. The molecule has 0 fully saturated rings. The number of nitro groups is 1. The summed E-state index contributed by atoms with van der Waals surface area (Å²) in [5.74, 6) is -0.532. The van der Waals surface area contributed by atoms with Gasteiger partial charge in [0.05, 0.1) is 16.8 Å². The number of nitrogens with zero attached hydrogens (tertiary/aromatic N) is 3. The molecule has 0 aliphatic heterocycles. The van der Waals surface area contributed by atoms with Crippen molar-refractivity contribution in [1.82, 2.24) is 15.6 Å². The highest BCUT2D eigenvalue weighted by Gasteiger charge is 2.13. The number of benzene rings is 2. The lowest BCUT2D eigenvalue weighted by molar-refractivity contribution is -0.384. The minimum atomic E-state index is -0.551. The zero-order valence-corrected chi connectivity index (χ0v) is 15.2. The Balaban J connectivity index is 1.72. The second kappa shape index (κ2) is 7.79. The number of phenolic OH excluding ortho intramolecular Hbond substituents is 1. The van der Waals surface area contributed by atoms with Crippen LogP contribution in [0.25, 0.3) is 11.3 Å². The third kappa shape index (κ3) is 4.36. The monoisotopic (exact) mass is 429 g/mol. The number of aromatic hydroxyl groups is 1. The average molecular weight is 430 g/mol. The molecule has 0 unspecified atom stereocenters. The normalized spacial score (nSPS) is 10.9. The highest BCUT2D eigenvalue weighted by atomic mass is 79.9. The summed E-state index contributed by atoms with van der Waals surface area (Å²) < 4.78 is 0.753. The number of carbonyl (C=O) groups is 1. The number of nitro benzene ring substituents is 1. The van der Waals surface area contributed by atoms with Gasteiger partial charge in [-0.15, -0.1) is 0 Å². The SMILES string of the molecule is O=C(N/N=C/c1cc(Br)ccc1O)c1cc(-c2cccc([N+](=O)[O-])c2)n[nH]1. The minimum absolute atomic E-state index is 0.0192. The van der Waals surface area contributed by atoms with E-state index in [1.54, 1.807) is 18.2 Å². The number of hydrazone groups is 1. The molecule has 1 amide bonds. The second-order valence-electron chi connectivity index (χ2n) is 5.38. The van der Waals surface area contributed by atoms with Gasteiger partial charge in [0.2, 0.25) is 0 Å². The van der Waals surface area contributed by atoms with Crippen LogP contribution in [0.3, 0.4) is 0 Å². The van der Waals surface area contributed by atoms with Crippen LogP contribution >= 0.6 is 15.9 Å². The zero-order chi connectivity index (χ0) is 19.4. The van der Waals surface area contributed by atoms with Crippen LogP contribution in [0.5, 0.6) is 5.75 Å². The molecule has 0 saturated heterocycles. The summed E-state index contributed by atoms with van der Waals surface area (Å²) in [6.07, 6.45) is 1.30. The zero-order valence-electron chi connectivity index (χ0n) is 13.6. The predicted octanol–water partition coefficient (Wildman–Crippen LogP) is 3.22. The molecule has 136 valence electrons. The number of amides is 1. The molecule has 27 heavy (non-hydrogen) atoms. The third-order valence-electron chi connectivity index (χ3n) is 3.53. The Morgan fingerprint density at radius 2 is 2.11 bits per heavy atom. The van der Waals surface area contributed by atoms with E-state index < -0.39 is 10.8 Å². The van der Waals surface area contributed by atoms with Crippen molar-refractivity contribution < 1.29 is 14.8 Å². The fraction of sp³-hybridized carbons (Fsp3) is 0. The average Bonchev–Trinajstić information content (AvgIpc) is 3.15. The lowest BCUT2D eigenvalue weighted by atomic mass is 10.1. The van der Waals surface area contributed by atoms with Crippen molar-refractivity contribution in [3.05, 3.63) is 74.4 Å². The first-order valence-electron chi connectivity index (χ1n) is 7.56. The van der Waals surface area contributed by atoms with Crippen LogP contribution in [0.2, 0.25) is 0 Å². The first-order valence-corrected chi connectivity index (χ1v) is 8.35. The maximum atomic E-state index is 12.1. The fourth-order valence-corrected chi connectivity index (χ4v) is 2.59. The molecule has 0 radical (unpaired) electrons. The summed E-state index contributed by atoms with van der Waals surface area (Å²) in [6, 6.07) is 12.2. The predicted molar refractivity (Wildman–Crippen MR) is 102 cm³/mol. The van der Waals surface area contributed by atoms with Crippen LogP contribution in [-0.4, -0.2) is 32.3 Å². The van der Waals surface area contributed by atoms with Crippen LogP contribution in [0.15, 0.2) is 58.1 Å². The summed E-state index contributed by atoms with van der Waals surface area (Å²) >= 11 is 3.28. The van der Waals surface area contributed by atoms with Crippen molar-refractivity contribution in [2.75, 3.05) is 0 Å². The molecule has 3 rings (SSSR count). The van der Waals surface area contributed by atoms with E-state index in [1.165, 1.54) is 36.5 Å². The number of carbonyl (C=O) groups excluding carboxylic acids is 1. The van der Waals surface area contributed by atoms with Crippen molar-refractivity contribution in [3.8, 4) is 17.0 Å².